The summed E-state index contributed by atoms with van der Waals surface area (Å²) in [7, 11) is 3.18. The summed E-state index contributed by atoms with van der Waals surface area (Å²) in [6, 6.07) is 13.7. The SMILES string of the molecule is COc1cc(OC)cc(Oc2ncc(-c3ccc(C)cc3)cn2)c1. The van der Waals surface area contributed by atoms with E-state index in [1.54, 1.807) is 44.8 Å². The monoisotopic (exact) mass is 322 g/mol. The fraction of sp³-hybridized carbons (Fsp3) is 0.158. The summed E-state index contributed by atoms with van der Waals surface area (Å²) in [5.41, 5.74) is 3.22. The molecule has 2 aromatic carbocycles. The maximum absolute atomic E-state index is 5.69. The third-order valence-corrected chi connectivity index (χ3v) is 3.55. The summed E-state index contributed by atoms with van der Waals surface area (Å²) in [4.78, 5) is 8.54. The van der Waals surface area contributed by atoms with Crippen molar-refractivity contribution in [3.8, 4) is 34.4 Å². The lowest BCUT2D eigenvalue weighted by Gasteiger charge is -2.09. The minimum Gasteiger partial charge on any atom is -0.496 e. The molecule has 0 saturated carbocycles. The molecule has 0 unspecified atom stereocenters. The van der Waals surface area contributed by atoms with Gasteiger partial charge < -0.3 is 14.2 Å². The molecule has 1 heterocycles. The van der Waals surface area contributed by atoms with Crippen LogP contribution in [0, 0.1) is 6.92 Å². The molecule has 5 heteroatoms. The Balaban J connectivity index is 1.80. The number of hydrogen-bond donors (Lipinski definition) is 0. The minimum atomic E-state index is 0.265. The number of ether oxygens (including phenoxy) is 3. The van der Waals surface area contributed by atoms with E-state index in [1.165, 1.54) is 5.56 Å². The summed E-state index contributed by atoms with van der Waals surface area (Å²) >= 11 is 0. The topological polar surface area (TPSA) is 53.5 Å². The van der Waals surface area contributed by atoms with E-state index in [0.717, 1.165) is 11.1 Å². The van der Waals surface area contributed by atoms with E-state index >= 15 is 0 Å². The van der Waals surface area contributed by atoms with Crippen LogP contribution >= 0.6 is 0 Å². The van der Waals surface area contributed by atoms with E-state index in [1.807, 2.05) is 12.1 Å². The van der Waals surface area contributed by atoms with Gasteiger partial charge in [-0.05, 0) is 12.5 Å². The van der Waals surface area contributed by atoms with E-state index in [9.17, 15) is 0 Å². The second kappa shape index (κ2) is 7.00. The molecule has 0 N–H and O–H groups in total. The number of aryl methyl sites for hydroxylation is 1. The zero-order valence-corrected chi connectivity index (χ0v) is 13.8. The number of benzene rings is 2. The summed E-state index contributed by atoms with van der Waals surface area (Å²) in [5.74, 6) is 1.83. The van der Waals surface area contributed by atoms with E-state index in [4.69, 9.17) is 14.2 Å². The lowest BCUT2D eigenvalue weighted by atomic mass is 10.1. The Morgan fingerprint density at radius 2 is 1.25 bits per heavy atom. The van der Waals surface area contributed by atoms with Crippen LogP contribution in [-0.2, 0) is 0 Å². The third kappa shape index (κ3) is 3.63. The van der Waals surface area contributed by atoms with Gasteiger partial charge in [0, 0.05) is 36.2 Å². The number of rotatable bonds is 5. The minimum absolute atomic E-state index is 0.265. The Morgan fingerprint density at radius 3 is 1.79 bits per heavy atom. The largest absolute Gasteiger partial charge is 0.496 e. The fourth-order valence-electron chi connectivity index (χ4n) is 2.21. The third-order valence-electron chi connectivity index (χ3n) is 3.55. The summed E-state index contributed by atoms with van der Waals surface area (Å²) in [6.07, 6.45) is 3.48. The molecule has 0 aliphatic carbocycles. The zero-order chi connectivity index (χ0) is 16.9. The molecule has 0 radical (unpaired) electrons. The number of methoxy groups -OCH3 is 2. The fourth-order valence-corrected chi connectivity index (χ4v) is 2.21. The first-order valence-corrected chi connectivity index (χ1v) is 7.48. The highest BCUT2D eigenvalue weighted by Crippen LogP contribution is 2.30. The number of aromatic nitrogens is 2. The van der Waals surface area contributed by atoms with E-state index in [-0.39, 0.29) is 6.01 Å². The lowest BCUT2D eigenvalue weighted by molar-refractivity contribution is 0.382. The van der Waals surface area contributed by atoms with Crippen molar-refractivity contribution in [1.29, 1.82) is 0 Å². The average molecular weight is 322 g/mol. The van der Waals surface area contributed by atoms with Crippen LogP contribution in [0.4, 0.5) is 0 Å². The lowest BCUT2D eigenvalue weighted by Crippen LogP contribution is -1.94. The highest BCUT2D eigenvalue weighted by molar-refractivity contribution is 5.61. The highest BCUT2D eigenvalue weighted by atomic mass is 16.5. The van der Waals surface area contributed by atoms with Crippen LogP contribution in [-0.4, -0.2) is 24.2 Å². The molecule has 3 rings (SSSR count). The van der Waals surface area contributed by atoms with Crippen molar-refractivity contribution in [2.24, 2.45) is 0 Å². The molecule has 24 heavy (non-hydrogen) atoms. The molecule has 5 nitrogen and oxygen atoms in total. The van der Waals surface area contributed by atoms with Gasteiger partial charge >= 0.3 is 6.01 Å². The van der Waals surface area contributed by atoms with Crippen molar-refractivity contribution in [2.75, 3.05) is 14.2 Å². The van der Waals surface area contributed by atoms with Gasteiger partial charge in [-0.2, -0.15) is 0 Å². The predicted molar refractivity (Wildman–Crippen MR) is 91.8 cm³/mol. The molecule has 0 atom stereocenters. The molecule has 0 aliphatic heterocycles. The quantitative estimate of drug-likeness (QED) is 0.702. The maximum atomic E-state index is 5.69. The van der Waals surface area contributed by atoms with Crippen LogP contribution in [0.5, 0.6) is 23.3 Å². The van der Waals surface area contributed by atoms with Gasteiger partial charge in [-0.1, -0.05) is 29.8 Å². The van der Waals surface area contributed by atoms with Crippen molar-refractivity contribution >= 4 is 0 Å². The van der Waals surface area contributed by atoms with E-state index in [2.05, 4.69) is 29.0 Å². The Labute approximate surface area is 140 Å². The molecular weight excluding hydrogens is 304 g/mol. The van der Waals surface area contributed by atoms with Gasteiger partial charge in [-0.3, -0.25) is 0 Å². The molecule has 122 valence electrons. The standard InChI is InChI=1S/C19H18N2O3/c1-13-4-6-14(7-5-13)15-11-20-19(21-12-15)24-18-9-16(22-2)8-17(10-18)23-3/h4-12H,1-3H3. The van der Waals surface area contributed by atoms with E-state index in [0.29, 0.717) is 17.2 Å². The number of nitrogens with zero attached hydrogens (tertiary/aromatic N) is 2. The van der Waals surface area contributed by atoms with Gasteiger partial charge in [0.2, 0.25) is 0 Å². The van der Waals surface area contributed by atoms with Crippen LogP contribution < -0.4 is 14.2 Å². The van der Waals surface area contributed by atoms with Gasteiger partial charge in [-0.15, -0.1) is 0 Å². The maximum Gasteiger partial charge on any atom is 0.321 e. The molecule has 0 bridgehead atoms. The van der Waals surface area contributed by atoms with Crippen LogP contribution in [0.3, 0.4) is 0 Å². The first kappa shape index (κ1) is 15.8. The Morgan fingerprint density at radius 1 is 0.708 bits per heavy atom. The normalized spacial score (nSPS) is 10.3. The van der Waals surface area contributed by atoms with Gasteiger partial charge in [0.05, 0.1) is 14.2 Å². The molecule has 0 aliphatic rings. The van der Waals surface area contributed by atoms with Gasteiger partial charge in [0.25, 0.3) is 0 Å². The Bertz CT molecular complexity index is 793. The van der Waals surface area contributed by atoms with Crippen LogP contribution in [0.25, 0.3) is 11.1 Å². The molecule has 0 saturated heterocycles. The Hall–Kier alpha value is -3.08. The first-order valence-electron chi connectivity index (χ1n) is 7.48. The molecule has 0 amide bonds. The number of hydrogen-bond acceptors (Lipinski definition) is 5. The highest BCUT2D eigenvalue weighted by Gasteiger charge is 2.07. The molecule has 3 aromatic rings. The van der Waals surface area contributed by atoms with Crippen molar-refractivity contribution in [3.63, 3.8) is 0 Å². The summed E-state index contributed by atoms with van der Waals surface area (Å²) in [6.45, 7) is 2.06. The van der Waals surface area contributed by atoms with Gasteiger partial charge in [0.15, 0.2) is 0 Å². The summed E-state index contributed by atoms with van der Waals surface area (Å²) in [5, 5.41) is 0. The summed E-state index contributed by atoms with van der Waals surface area (Å²) < 4.78 is 16.1. The van der Waals surface area contributed by atoms with Crippen LogP contribution in [0.1, 0.15) is 5.56 Å². The molecule has 1 aromatic heterocycles. The molecule has 0 fully saturated rings. The predicted octanol–water partition coefficient (Wildman–Crippen LogP) is 4.26. The van der Waals surface area contributed by atoms with Crippen LogP contribution in [0.15, 0.2) is 54.9 Å². The van der Waals surface area contributed by atoms with Crippen molar-refractivity contribution in [3.05, 3.63) is 60.4 Å². The zero-order valence-electron chi connectivity index (χ0n) is 13.8. The van der Waals surface area contributed by atoms with Crippen LogP contribution in [0.2, 0.25) is 0 Å². The van der Waals surface area contributed by atoms with Gasteiger partial charge in [-0.25, -0.2) is 9.97 Å². The van der Waals surface area contributed by atoms with Crippen molar-refractivity contribution in [1.82, 2.24) is 9.97 Å². The second-order valence-electron chi connectivity index (χ2n) is 5.27. The smallest absolute Gasteiger partial charge is 0.321 e. The first-order chi connectivity index (χ1) is 11.7. The average Bonchev–Trinajstić information content (AvgIpc) is 2.62. The van der Waals surface area contributed by atoms with Gasteiger partial charge in [0.1, 0.15) is 17.2 Å². The second-order valence-corrected chi connectivity index (χ2v) is 5.27. The van der Waals surface area contributed by atoms with E-state index < -0.39 is 0 Å². The van der Waals surface area contributed by atoms with Crippen molar-refractivity contribution < 1.29 is 14.2 Å². The molecular formula is C19H18N2O3. The molecule has 0 spiro atoms. The van der Waals surface area contributed by atoms with Crippen molar-refractivity contribution in [2.45, 2.75) is 6.92 Å². The Kier molecular flexibility index (Phi) is 4.61.